The molecule has 1 rings (SSSR count). The van der Waals surface area contributed by atoms with Crippen LogP contribution in [0.15, 0.2) is 6.07 Å². The third kappa shape index (κ3) is 4.15. The Hall–Kier alpha value is -0.830. The van der Waals surface area contributed by atoms with Gasteiger partial charge in [-0.1, -0.05) is 13.8 Å². The lowest BCUT2D eigenvalue weighted by Gasteiger charge is -2.13. The van der Waals surface area contributed by atoms with E-state index in [1.807, 2.05) is 0 Å². The number of rotatable bonds is 8. The van der Waals surface area contributed by atoms with Crippen LogP contribution >= 0.6 is 0 Å². The fourth-order valence-electron chi connectivity index (χ4n) is 2.24. The molecule has 1 aromatic heterocycles. The van der Waals surface area contributed by atoms with Gasteiger partial charge in [0.1, 0.15) is 0 Å². The minimum absolute atomic E-state index is 0.665. The second-order valence-electron chi connectivity index (χ2n) is 4.58. The molecule has 0 saturated carbocycles. The maximum Gasteiger partial charge on any atom is 0.0624 e. The van der Waals surface area contributed by atoms with Gasteiger partial charge in [0, 0.05) is 18.3 Å². The Labute approximate surface area is 106 Å². The highest BCUT2D eigenvalue weighted by Gasteiger charge is 2.07. The molecule has 1 aromatic rings. The third-order valence-electron chi connectivity index (χ3n) is 3.46. The molecule has 0 aliphatic rings. The molecule has 1 unspecified atom stereocenters. The zero-order valence-corrected chi connectivity index (χ0v) is 11.8. The maximum atomic E-state index is 4.59. The van der Waals surface area contributed by atoms with Crippen molar-refractivity contribution < 1.29 is 0 Å². The maximum absolute atomic E-state index is 4.59. The van der Waals surface area contributed by atoms with Gasteiger partial charge in [-0.15, -0.1) is 0 Å². The largest absolute Gasteiger partial charge is 0.317 e. The number of nitrogens with zero attached hydrogens (tertiary/aromatic N) is 2. The highest BCUT2D eigenvalue weighted by Crippen LogP contribution is 2.11. The molecule has 0 aromatic carbocycles. The predicted octanol–water partition coefficient (Wildman–Crippen LogP) is 2.79. The van der Waals surface area contributed by atoms with Crippen molar-refractivity contribution in [2.75, 3.05) is 7.05 Å². The monoisotopic (exact) mass is 237 g/mol. The average molecular weight is 237 g/mol. The summed E-state index contributed by atoms with van der Waals surface area (Å²) in [5.41, 5.74) is 2.62. The number of aryl methyl sites for hydroxylation is 3. The zero-order valence-electron chi connectivity index (χ0n) is 11.8. The second kappa shape index (κ2) is 7.49. The number of hydrogen-bond donors (Lipinski definition) is 1. The number of nitrogens with one attached hydrogen (secondary N) is 1. The molecule has 0 saturated heterocycles. The van der Waals surface area contributed by atoms with E-state index in [-0.39, 0.29) is 0 Å². The average Bonchev–Trinajstić information content (AvgIpc) is 2.77. The molecular weight excluding hydrogens is 210 g/mol. The molecule has 1 atom stereocenters. The summed E-state index contributed by atoms with van der Waals surface area (Å²) in [6.45, 7) is 7.56. The standard InChI is InChI=1S/C14H27N3/c1-5-12(15-4)9-8-10-14-11-13(6-2)16-17(14)7-3/h11-12,15H,5-10H2,1-4H3. The van der Waals surface area contributed by atoms with E-state index >= 15 is 0 Å². The smallest absolute Gasteiger partial charge is 0.0624 e. The Morgan fingerprint density at radius 2 is 2.12 bits per heavy atom. The lowest BCUT2D eigenvalue weighted by molar-refractivity contribution is 0.484. The van der Waals surface area contributed by atoms with E-state index in [2.05, 4.69) is 49.0 Å². The van der Waals surface area contributed by atoms with Crippen molar-refractivity contribution in [3.05, 3.63) is 17.5 Å². The summed E-state index contributed by atoms with van der Waals surface area (Å²) < 4.78 is 2.15. The van der Waals surface area contributed by atoms with E-state index < -0.39 is 0 Å². The van der Waals surface area contributed by atoms with Crippen LogP contribution in [-0.4, -0.2) is 22.9 Å². The molecule has 0 spiro atoms. The molecule has 98 valence electrons. The number of hydrogen-bond acceptors (Lipinski definition) is 2. The lowest BCUT2D eigenvalue weighted by Crippen LogP contribution is -2.24. The fourth-order valence-corrected chi connectivity index (χ4v) is 2.24. The zero-order chi connectivity index (χ0) is 12.7. The number of aromatic nitrogens is 2. The topological polar surface area (TPSA) is 29.9 Å². The van der Waals surface area contributed by atoms with Crippen LogP contribution in [0.4, 0.5) is 0 Å². The minimum Gasteiger partial charge on any atom is -0.317 e. The van der Waals surface area contributed by atoms with Gasteiger partial charge in [0.2, 0.25) is 0 Å². The summed E-state index contributed by atoms with van der Waals surface area (Å²) in [6, 6.07) is 2.93. The van der Waals surface area contributed by atoms with Crippen LogP contribution in [0.25, 0.3) is 0 Å². The molecule has 0 radical (unpaired) electrons. The van der Waals surface area contributed by atoms with Gasteiger partial charge in [-0.3, -0.25) is 4.68 Å². The quantitative estimate of drug-likeness (QED) is 0.753. The van der Waals surface area contributed by atoms with Gasteiger partial charge in [-0.25, -0.2) is 0 Å². The Morgan fingerprint density at radius 3 is 2.65 bits per heavy atom. The molecule has 0 aliphatic heterocycles. The highest BCUT2D eigenvalue weighted by molar-refractivity contribution is 5.10. The van der Waals surface area contributed by atoms with Crippen LogP contribution in [0.2, 0.25) is 0 Å². The Bertz CT molecular complexity index is 313. The van der Waals surface area contributed by atoms with Crippen molar-refractivity contribution in [2.45, 2.75) is 65.5 Å². The first kappa shape index (κ1) is 14.2. The van der Waals surface area contributed by atoms with Crippen LogP contribution < -0.4 is 5.32 Å². The molecular formula is C14H27N3. The van der Waals surface area contributed by atoms with Gasteiger partial charge in [0.15, 0.2) is 0 Å². The summed E-state index contributed by atoms with van der Waals surface area (Å²) in [4.78, 5) is 0. The van der Waals surface area contributed by atoms with Crippen LogP contribution in [0.3, 0.4) is 0 Å². The molecule has 0 bridgehead atoms. The van der Waals surface area contributed by atoms with Crippen molar-refractivity contribution in [1.82, 2.24) is 15.1 Å². The van der Waals surface area contributed by atoms with E-state index in [0.29, 0.717) is 6.04 Å². The van der Waals surface area contributed by atoms with Crippen molar-refractivity contribution in [1.29, 1.82) is 0 Å². The Balaban J connectivity index is 2.47. The van der Waals surface area contributed by atoms with E-state index in [1.165, 1.54) is 30.7 Å². The lowest BCUT2D eigenvalue weighted by atomic mass is 10.1. The molecule has 0 fully saturated rings. The van der Waals surface area contributed by atoms with E-state index in [4.69, 9.17) is 0 Å². The molecule has 3 nitrogen and oxygen atoms in total. The van der Waals surface area contributed by atoms with Crippen molar-refractivity contribution in [3.8, 4) is 0 Å². The Morgan fingerprint density at radius 1 is 1.35 bits per heavy atom. The van der Waals surface area contributed by atoms with Gasteiger partial charge in [0.25, 0.3) is 0 Å². The van der Waals surface area contributed by atoms with Crippen molar-refractivity contribution >= 4 is 0 Å². The third-order valence-corrected chi connectivity index (χ3v) is 3.46. The van der Waals surface area contributed by atoms with Crippen LogP contribution in [0.1, 0.15) is 51.4 Å². The van der Waals surface area contributed by atoms with Crippen molar-refractivity contribution in [2.24, 2.45) is 0 Å². The molecule has 1 N–H and O–H groups in total. The predicted molar refractivity (Wildman–Crippen MR) is 73.4 cm³/mol. The molecule has 17 heavy (non-hydrogen) atoms. The SMILES string of the molecule is CCc1cc(CCCC(CC)NC)n(CC)n1. The first-order valence-electron chi connectivity index (χ1n) is 6.97. The molecule has 1 heterocycles. The first-order valence-corrected chi connectivity index (χ1v) is 6.97. The summed E-state index contributed by atoms with van der Waals surface area (Å²) >= 11 is 0. The molecule has 0 amide bonds. The van der Waals surface area contributed by atoms with Gasteiger partial charge in [-0.05, 0) is 52.1 Å². The second-order valence-corrected chi connectivity index (χ2v) is 4.58. The Kier molecular flexibility index (Phi) is 6.27. The minimum atomic E-state index is 0.665. The molecule has 3 heteroatoms. The van der Waals surface area contributed by atoms with E-state index in [1.54, 1.807) is 0 Å². The van der Waals surface area contributed by atoms with Gasteiger partial charge in [0.05, 0.1) is 5.69 Å². The molecule has 0 aliphatic carbocycles. The van der Waals surface area contributed by atoms with Crippen LogP contribution in [0, 0.1) is 0 Å². The van der Waals surface area contributed by atoms with Gasteiger partial charge >= 0.3 is 0 Å². The summed E-state index contributed by atoms with van der Waals surface area (Å²) in [5, 5.41) is 7.95. The summed E-state index contributed by atoms with van der Waals surface area (Å²) in [5.74, 6) is 0. The van der Waals surface area contributed by atoms with E-state index in [0.717, 1.165) is 19.4 Å². The summed E-state index contributed by atoms with van der Waals surface area (Å²) in [6.07, 6.45) is 5.90. The van der Waals surface area contributed by atoms with Gasteiger partial charge in [-0.2, -0.15) is 5.10 Å². The first-order chi connectivity index (χ1) is 8.24. The van der Waals surface area contributed by atoms with Crippen LogP contribution in [-0.2, 0) is 19.4 Å². The van der Waals surface area contributed by atoms with Crippen LogP contribution in [0.5, 0.6) is 0 Å². The normalized spacial score (nSPS) is 12.9. The fraction of sp³-hybridized carbons (Fsp3) is 0.786. The van der Waals surface area contributed by atoms with Crippen molar-refractivity contribution in [3.63, 3.8) is 0 Å². The van der Waals surface area contributed by atoms with Gasteiger partial charge < -0.3 is 5.32 Å². The summed E-state index contributed by atoms with van der Waals surface area (Å²) in [7, 11) is 2.06. The van der Waals surface area contributed by atoms with E-state index in [9.17, 15) is 0 Å². The highest BCUT2D eigenvalue weighted by atomic mass is 15.3.